The van der Waals surface area contributed by atoms with Crippen molar-refractivity contribution in [2.24, 2.45) is 0 Å². The standard InChI is InChI=1S/C20H14Br2N2O2/c21-15-7-3-13(4-8-15)17-12-18(19-2-1-11-26-19)24(23-17)20(25)14-5-9-16(22)10-6-14/h1-12,18,23H/t18-/m1/s1. The van der Waals surface area contributed by atoms with Crippen molar-refractivity contribution in [3.63, 3.8) is 0 Å². The first-order chi connectivity index (χ1) is 12.6. The smallest absolute Gasteiger partial charge is 0.273 e. The van der Waals surface area contributed by atoms with Crippen LogP contribution in [-0.2, 0) is 0 Å². The molecular weight excluding hydrogens is 460 g/mol. The molecule has 130 valence electrons. The number of hydrogen-bond acceptors (Lipinski definition) is 3. The fraction of sp³-hybridized carbons (Fsp3) is 0.0500. The van der Waals surface area contributed by atoms with Crippen molar-refractivity contribution in [3.05, 3.63) is 98.8 Å². The fourth-order valence-corrected chi connectivity index (χ4v) is 3.37. The monoisotopic (exact) mass is 472 g/mol. The van der Waals surface area contributed by atoms with E-state index in [2.05, 4.69) is 37.3 Å². The molecule has 1 N–H and O–H groups in total. The molecule has 0 spiro atoms. The maximum atomic E-state index is 13.1. The lowest BCUT2D eigenvalue weighted by Gasteiger charge is -2.24. The van der Waals surface area contributed by atoms with Gasteiger partial charge in [0.1, 0.15) is 11.8 Å². The van der Waals surface area contributed by atoms with Crippen LogP contribution in [0, 0.1) is 0 Å². The van der Waals surface area contributed by atoms with Crippen LogP contribution in [0.5, 0.6) is 0 Å². The van der Waals surface area contributed by atoms with Crippen LogP contribution in [-0.4, -0.2) is 10.9 Å². The second-order valence-electron chi connectivity index (χ2n) is 5.84. The van der Waals surface area contributed by atoms with Crippen LogP contribution in [0.3, 0.4) is 0 Å². The predicted octanol–water partition coefficient (Wildman–Crippen LogP) is 5.55. The number of halogens is 2. The van der Waals surface area contributed by atoms with Gasteiger partial charge in [0.2, 0.25) is 0 Å². The summed E-state index contributed by atoms with van der Waals surface area (Å²) in [6.45, 7) is 0. The molecule has 1 aromatic heterocycles. The molecule has 0 unspecified atom stereocenters. The van der Waals surface area contributed by atoms with Crippen molar-refractivity contribution in [1.29, 1.82) is 0 Å². The minimum Gasteiger partial charge on any atom is -0.467 e. The molecule has 2 heterocycles. The van der Waals surface area contributed by atoms with Crippen molar-refractivity contribution in [1.82, 2.24) is 10.4 Å². The minimum atomic E-state index is -0.320. The van der Waals surface area contributed by atoms with E-state index in [0.29, 0.717) is 11.3 Å². The second kappa shape index (κ2) is 7.13. The van der Waals surface area contributed by atoms with Crippen LogP contribution in [0.2, 0.25) is 0 Å². The third kappa shape index (κ3) is 3.34. The maximum absolute atomic E-state index is 13.1. The molecule has 0 saturated heterocycles. The Kier molecular flexibility index (Phi) is 4.70. The number of hydrogen-bond donors (Lipinski definition) is 1. The number of nitrogens with one attached hydrogen (secondary N) is 1. The Morgan fingerprint density at radius 3 is 2.23 bits per heavy atom. The Balaban J connectivity index is 1.68. The van der Waals surface area contributed by atoms with Gasteiger partial charge in [-0.15, -0.1) is 0 Å². The molecule has 1 atom stereocenters. The number of benzene rings is 2. The molecule has 3 aromatic rings. The number of rotatable bonds is 3. The lowest BCUT2D eigenvalue weighted by molar-refractivity contribution is 0.0655. The van der Waals surface area contributed by atoms with Crippen LogP contribution < -0.4 is 5.43 Å². The Morgan fingerprint density at radius 1 is 0.962 bits per heavy atom. The van der Waals surface area contributed by atoms with Gasteiger partial charge in [0, 0.05) is 14.5 Å². The van der Waals surface area contributed by atoms with Gasteiger partial charge in [-0.2, -0.15) is 0 Å². The predicted molar refractivity (Wildman–Crippen MR) is 107 cm³/mol. The zero-order valence-electron chi connectivity index (χ0n) is 13.5. The molecule has 0 radical (unpaired) electrons. The molecule has 2 aromatic carbocycles. The van der Waals surface area contributed by atoms with E-state index in [9.17, 15) is 4.79 Å². The van der Waals surface area contributed by atoms with E-state index in [1.165, 1.54) is 0 Å². The number of amides is 1. The summed E-state index contributed by atoms with van der Waals surface area (Å²) in [6, 6.07) is 18.6. The summed E-state index contributed by atoms with van der Waals surface area (Å²) in [7, 11) is 0. The number of nitrogens with zero attached hydrogens (tertiary/aromatic N) is 1. The average molecular weight is 474 g/mol. The zero-order valence-corrected chi connectivity index (χ0v) is 16.7. The second-order valence-corrected chi connectivity index (χ2v) is 7.67. The van der Waals surface area contributed by atoms with E-state index in [0.717, 1.165) is 20.2 Å². The third-order valence-electron chi connectivity index (χ3n) is 4.14. The summed E-state index contributed by atoms with van der Waals surface area (Å²) in [4.78, 5) is 13.1. The average Bonchev–Trinajstić information content (AvgIpc) is 3.32. The quantitative estimate of drug-likeness (QED) is 0.542. The van der Waals surface area contributed by atoms with Crippen molar-refractivity contribution < 1.29 is 9.21 Å². The lowest BCUT2D eigenvalue weighted by atomic mass is 10.1. The topological polar surface area (TPSA) is 45.5 Å². The van der Waals surface area contributed by atoms with Gasteiger partial charge in [0.25, 0.3) is 5.91 Å². The van der Waals surface area contributed by atoms with Crippen molar-refractivity contribution >= 4 is 43.5 Å². The van der Waals surface area contributed by atoms with Crippen LogP contribution in [0.1, 0.15) is 27.7 Å². The Bertz CT molecular complexity index is 948. The maximum Gasteiger partial charge on any atom is 0.273 e. The van der Waals surface area contributed by atoms with Crippen LogP contribution in [0.25, 0.3) is 5.70 Å². The molecule has 6 heteroatoms. The Morgan fingerprint density at radius 2 is 1.62 bits per heavy atom. The van der Waals surface area contributed by atoms with Gasteiger partial charge >= 0.3 is 0 Å². The molecule has 26 heavy (non-hydrogen) atoms. The van der Waals surface area contributed by atoms with Crippen LogP contribution in [0.4, 0.5) is 0 Å². The fourth-order valence-electron chi connectivity index (χ4n) is 2.84. The normalized spacial score (nSPS) is 16.3. The van der Waals surface area contributed by atoms with E-state index < -0.39 is 0 Å². The van der Waals surface area contributed by atoms with E-state index in [1.807, 2.05) is 54.6 Å². The van der Waals surface area contributed by atoms with Crippen molar-refractivity contribution in [3.8, 4) is 0 Å². The molecule has 0 aliphatic carbocycles. The Hall–Kier alpha value is -2.31. The van der Waals surface area contributed by atoms with Gasteiger partial charge in [-0.3, -0.25) is 10.2 Å². The first kappa shape index (κ1) is 17.1. The summed E-state index contributed by atoms with van der Waals surface area (Å²) < 4.78 is 7.50. The highest BCUT2D eigenvalue weighted by molar-refractivity contribution is 9.10. The molecule has 4 rings (SSSR count). The number of hydrazine groups is 1. The third-order valence-corrected chi connectivity index (χ3v) is 5.20. The molecular formula is C20H14Br2N2O2. The first-order valence-corrected chi connectivity index (χ1v) is 9.57. The molecule has 4 nitrogen and oxygen atoms in total. The van der Waals surface area contributed by atoms with Gasteiger partial charge in [0.15, 0.2) is 0 Å². The van der Waals surface area contributed by atoms with E-state index in [4.69, 9.17) is 4.42 Å². The molecule has 1 aliphatic heterocycles. The largest absolute Gasteiger partial charge is 0.467 e. The highest BCUT2D eigenvalue weighted by Gasteiger charge is 2.33. The summed E-state index contributed by atoms with van der Waals surface area (Å²) in [6.07, 6.45) is 3.61. The summed E-state index contributed by atoms with van der Waals surface area (Å²) >= 11 is 6.84. The molecule has 0 fully saturated rings. The first-order valence-electron chi connectivity index (χ1n) is 7.99. The molecule has 0 saturated carbocycles. The van der Waals surface area contributed by atoms with Gasteiger partial charge in [0.05, 0.1) is 12.0 Å². The SMILES string of the molecule is O=C(c1ccc(Br)cc1)N1NC(c2ccc(Br)cc2)=C[C@@H]1c1ccco1. The van der Waals surface area contributed by atoms with Gasteiger partial charge in [-0.05, 0) is 60.2 Å². The molecule has 1 amide bonds. The van der Waals surface area contributed by atoms with Crippen molar-refractivity contribution in [2.45, 2.75) is 6.04 Å². The lowest BCUT2D eigenvalue weighted by Crippen LogP contribution is -2.39. The van der Waals surface area contributed by atoms with E-state index in [1.54, 1.807) is 23.4 Å². The highest BCUT2D eigenvalue weighted by Crippen LogP contribution is 2.33. The molecule has 1 aliphatic rings. The molecule has 0 bridgehead atoms. The summed E-state index contributed by atoms with van der Waals surface area (Å²) in [5.74, 6) is 0.581. The van der Waals surface area contributed by atoms with Crippen LogP contribution >= 0.6 is 31.9 Å². The van der Waals surface area contributed by atoms with Gasteiger partial charge < -0.3 is 4.42 Å². The highest BCUT2D eigenvalue weighted by atomic mass is 79.9. The number of furan rings is 1. The van der Waals surface area contributed by atoms with E-state index in [-0.39, 0.29) is 11.9 Å². The zero-order chi connectivity index (χ0) is 18.1. The number of carbonyl (C=O) groups is 1. The summed E-state index contributed by atoms with van der Waals surface area (Å²) in [5.41, 5.74) is 5.70. The Labute approximate surface area is 167 Å². The minimum absolute atomic E-state index is 0.123. The van der Waals surface area contributed by atoms with Gasteiger partial charge in [-0.25, -0.2) is 5.01 Å². The number of carbonyl (C=O) groups excluding carboxylic acids is 1. The van der Waals surface area contributed by atoms with Gasteiger partial charge in [-0.1, -0.05) is 44.0 Å². The van der Waals surface area contributed by atoms with Crippen molar-refractivity contribution in [2.75, 3.05) is 0 Å². The van der Waals surface area contributed by atoms with Crippen LogP contribution in [0.15, 0.2) is 86.4 Å². The summed E-state index contributed by atoms with van der Waals surface area (Å²) in [5, 5.41) is 1.60. The van der Waals surface area contributed by atoms with E-state index >= 15 is 0 Å².